The molecule has 0 aromatic heterocycles. The van der Waals surface area contributed by atoms with Gasteiger partial charge in [0.05, 0.1) is 12.3 Å². The molecule has 1 spiro atoms. The van der Waals surface area contributed by atoms with Gasteiger partial charge in [0.2, 0.25) is 5.91 Å². The molecule has 7 nitrogen and oxygen atoms in total. The molecule has 0 aliphatic carbocycles. The third kappa shape index (κ3) is 4.52. The van der Waals surface area contributed by atoms with Crippen LogP contribution in [0.2, 0.25) is 0 Å². The second-order valence-electron chi connectivity index (χ2n) is 6.98. The summed E-state index contributed by atoms with van der Waals surface area (Å²) in [5.74, 6) is 0.212. The molecule has 0 bridgehead atoms. The highest BCUT2D eigenvalue weighted by atomic mass is 19.3. The van der Waals surface area contributed by atoms with Gasteiger partial charge >= 0.3 is 6.61 Å². The van der Waals surface area contributed by atoms with Gasteiger partial charge in [0.15, 0.2) is 11.5 Å². The Morgan fingerprint density at radius 1 is 1.20 bits per heavy atom. The smallest absolute Gasteiger partial charge is 0.387 e. The number of amides is 1. The Morgan fingerprint density at radius 3 is 2.67 bits per heavy atom. The molecule has 2 aromatic carbocycles. The van der Waals surface area contributed by atoms with Crippen LogP contribution in [0.4, 0.5) is 14.5 Å². The van der Waals surface area contributed by atoms with Crippen molar-refractivity contribution >= 4 is 17.3 Å². The number of nitrogens with one attached hydrogen (secondary N) is 2. The van der Waals surface area contributed by atoms with E-state index in [0.717, 1.165) is 6.42 Å². The third-order valence-corrected chi connectivity index (χ3v) is 4.66. The summed E-state index contributed by atoms with van der Waals surface area (Å²) in [4.78, 5) is 16.8. The van der Waals surface area contributed by atoms with Gasteiger partial charge in [-0.3, -0.25) is 15.1 Å². The molecule has 2 N–H and O–H groups in total. The number of alkyl halides is 2. The van der Waals surface area contributed by atoms with Crippen molar-refractivity contribution in [2.45, 2.75) is 25.6 Å². The average Bonchev–Trinajstić information content (AvgIpc) is 3.34. The molecule has 2 aromatic rings. The summed E-state index contributed by atoms with van der Waals surface area (Å²) < 4.78 is 41.5. The number of rotatable bonds is 6. The lowest BCUT2D eigenvalue weighted by molar-refractivity contribution is -0.114. The van der Waals surface area contributed by atoms with E-state index in [1.54, 1.807) is 36.4 Å². The Bertz CT molecular complexity index is 956. The number of anilines is 1. The van der Waals surface area contributed by atoms with Crippen LogP contribution < -0.4 is 20.3 Å². The Balaban J connectivity index is 1.60. The van der Waals surface area contributed by atoms with Gasteiger partial charge in [-0.2, -0.15) is 8.78 Å². The van der Waals surface area contributed by atoms with Crippen LogP contribution in [-0.2, 0) is 14.4 Å². The molecule has 0 radical (unpaired) electrons. The fourth-order valence-electron chi connectivity index (χ4n) is 3.26. The van der Waals surface area contributed by atoms with Gasteiger partial charge in [-0.15, -0.1) is 0 Å². The number of ether oxygens (including phenoxy) is 3. The monoisotopic (exact) mass is 418 g/mol. The lowest BCUT2D eigenvalue weighted by Gasteiger charge is -2.15. The zero-order chi connectivity index (χ0) is 21.1. The topological polar surface area (TPSA) is 78.1 Å². The lowest BCUT2D eigenvalue weighted by Crippen LogP contribution is -2.29. The van der Waals surface area contributed by atoms with Crippen molar-refractivity contribution in [3.05, 3.63) is 54.1 Å². The van der Waals surface area contributed by atoms with Crippen molar-refractivity contribution < 1.29 is 32.6 Å². The van der Waals surface area contributed by atoms with E-state index < -0.39 is 12.2 Å². The second-order valence-corrected chi connectivity index (χ2v) is 6.98. The van der Waals surface area contributed by atoms with Crippen LogP contribution in [0.5, 0.6) is 17.2 Å². The van der Waals surface area contributed by atoms with Crippen molar-refractivity contribution in [3.63, 3.8) is 0 Å². The van der Waals surface area contributed by atoms with E-state index in [2.05, 4.69) is 15.5 Å². The minimum Gasteiger partial charge on any atom is -0.453 e. The van der Waals surface area contributed by atoms with E-state index >= 15 is 0 Å². The molecule has 1 unspecified atom stereocenters. The van der Waals surface area contributed by atoms with E-state index in [1.807, 2.05) is 6.08 Å². The molecule has 0 saturated carbocycles. The summed E-state index contributed by atoms with van der Waals surface area (Å²) in [5, 5.41) is 2.65. The van der Waals surface area contributed by atoms with E-state index in [0.29, 0.717) is 35.9 Å². The maximum atomic E-state index is 12.8. The Labute approximate surface area is 171 Å². The van der Waals surface area contributed by atoms with E-state index in [1.165, 1.54) is 13.0 Å². The highest BCUT2D eigenvalue weighted by Crippen LogP contribution is 2.38. The van der Waals surface area contributed by atoms with Gasteiger partial charge in [-0.25, -0.2) is 0 Å². The summed E-state index contributed by atoms with van der Waals surface area (Å²) >= 11 is 0. The number of benzene rings is 2. The first-order chi connectivity index (χ1) is 14.4. The van der Waals surface area contributed by atoms with Gasteiger partial charge < -0.3 is 19.5 Å². The van der Waals surface area contributed by atoms with Crippen LogP contribution in [0.3, 0.4) is 0 Å². The molecular weight excluding hydrogens is 398 g/mol. The maximum Gasteiger partial charge on any atom is 0.387 e. The minimum atomic E-state index is -2.99. The van der Waals surface area contributed by atoms with Crippen LogP contribution in [0.1, 0.15) is 18.9 Å². The van der Waals surface area contributed by atoms with Gasteiger partial charge in [0.1, 0.15) is 11.4 Å². The Hall–Kier alpha value is -3.17. The Morgan fingerprint density at radius 2 is 2.00 bits per heavy atom. The fourth-order valence-corrected chi connectivity index (χ4v) is 3.26. The van der Waals surface area contributed by atoms with Crippen LogP contribution in [0.15, 0.2) is 48.5 Å². The quantitative estimate of drug-likeness (QED) is 0.736. The lowest BCUT2D eigenvalue weighted by atomic mass is 10.0. The first kappa shape index (κ1) is 20.1. The first-order valence-corrected chi connectivity index (χ1v) is 9.32. The molecule has 4 rings (SSSR count). The molecule has 1 amide bonds. The number of hydrogen-bond acceptors (Lipinski definition) is 6. The summed E-state index contributed by atoms with van der Waals surface area (Å²) in [6.45, 7) is -0.539. The van der Waals surface area contributed by atoms with E-state index in [-0.39, 0.29) is 17.4 Å². The number of halogens is 2. The first-order valence-electron chi connectivity index (χ1n) is 9.32. The SMILES string of the molecule is CC(=O)Nc1ccc(Oc2cc(C3=CC4(CCOC4)ON3)ccc2OC(F)F)cc1. The molecule has 2 heterocycles. The van der Waals surface area contributed by atoms with Gasteiger partial charge in [-0.05, 0) is 48.5 Å². The summed E-state index contributed by atoms with van der Waals surface area (Å²) in [6.07, 6.45) is 2.65. The molecule has 1 fully saturated rings. The van der Waals surface area contributed by atoms with E-state index in [9.17, 15) is 13.6 Å². The summed E-state index contributed by atoms with van der Waals surface area (Å²) in [5.41, 5.74) is 4.33. The number of carbonyl (C=O) groups is 1. The van der Waals surface area contributed by atoms with Crippen molar-refractivity contribution in [3.8, 4) is 17.2 Å². The normalized spacial score (nSPS) is 20.2. The minimum absolute atomic E-state index is 0.0990. The predicted octanol–water partition coefficient (Wildman–Crippen LogP) is 4.07. The molecule has 30 heavy (non-hydrogen) atoms. The van der Waals surface area contributed by atoms with Gasteiger partial charge in [0.25, 0.3) is 0 Å². The average molecular weight is 418 g/mol. The highest BCUT2D eigenvalue weighted by Gasteiger charge is 2.39. The number of hydroxylamine groups is 1. The van der Waals surface area contributed by atoms with Crippen molar-refractivity contribution in [2.75, 3.05) is 18.5 Å². The predicted molar refractivity (Wildman–Crippen MR) is 104 cm³/mol. The zero-order valence-electron chi connectivity index (χ0n) is 16.1. The van der Waals surface area contributed by atoms with E-state index in [4.69, 9.17) is 14.3 Å². The van der Waals surface area contributed by atoms with Crippen LogP contribution in [-0.4, -0.2) is 31.3 Å². The third-order valence-electron chi connectivity index (χ3n) is 4.66. The highest BCUT2D eigenvalue weighted by molar-refractivity contribution is 5.88. The van der Waals surface area contributed by atoms with Crippen LogP contribution in [0.25, 0.3) is 5.70 Å². The van der Waals surface area contributed by atoms with Crippen molar-refractivity contribution in [1.82, 2.24) is 5.48 Å². The molecule has 2 aliphatic rings. The standard InChI is InChI=1S/C21H20F2N2O5/c1-13(26)24-15-3-5-16(6-4-15)28-19-10-14(2-7-18(19)29-20(22)23)17-11-21(30-25-17)8-9-27-12-21/h2-7,10-11,20,25H,8-9,12H2,1H3,(H,24,26). The van der Waals surface area contributed by atoms with Gasteiger partial charge in [-0.1, -0.05) is 0 Å². The van der Waals surface area contributed by atoms with Crippen LogP contribution in [0, 0.1) is 0 Å². The molecule has 2 aliphatic heterocycles. The van der Waals surface area contributed by atoms with Crippen LogP contribution >= 0.6 is 0 Å². The zero-order valence-corrected chi connectivity index (χ0v) is 16.1. The van der Waals surface area contributed by atoms with Crippen molar-refractivity contribution in [1.29, 1.82) is 0 Å². The molecular formula is C21H20F2N2O5. The molecule has 1 saturated heterocycles. The summed E-state index contributed by atoms with van der Waals surface area (Å²) in [6, 6.07) is 11.2. The number of hydrogen-bond donors (Lipinski definition) is 2. The van der Waals surface area contributed by atoms with Crippen molar-refractivity contribution in [2.24, 2.45) is 0 Å². The second kappa shape index (κ2) is 8.29. The molecule has 158 valence electrons. The number of carbonyl (C=O) groups excluding carboxylic acids is 1. The molecule has 1 atom stereocenters. The van der Waals surface area contributed by atoms with Gasteiger partial charge in [0, 0.05) is 31.2 Å². The summed E-state index contributed by atoms with van der Waals surface area (Å²) in [7, 11) is 0. The maximum absolute atomic E-state index is 12.8. The largest absolute Gasteiger partial charge is 0.453 e. The fraction of sp³-hybridized carbons (Fsp3) is 0.286. The molecule has 9 heteroatoms. The Kier molecular flexibility index (Phi) is 5.56.